The van der Waals surface area contributed by atoms with Crippen LogP contribution in [0.5, 0.6) is 5.75 Å². The van der Waals surface area contributed by atoms with Crippen LogP contribution in [0, 0.1) is 0 Å². The van der Waals surface area contributed by atoms with Crippen LogP contribution < -0.4 is 0 Å². The highest BCUT2D eigenvalue weighted by molar-refractivity contribution is 6.29. The van der Waals surface area contributed by atoms with Crippen molar-refractivity contribution in [3.8, 4) is 5.75 Å². The molecule has 0 fully saturated rings. The summed E-state index contributed by atoms with van der Waals surface area (Å²) in [5.41, 5.74) is 2.46. The Kier molecular flexibility index (Phi) is 4.24. The van der Waals surface area contributed by atoms with Crippen LogP contribution in [0.15, 0.2) is 65.3 Å². The number of nitrogens with zero attached hydrogens (tertiary/aromatic N) is 2. The summed E-state index contributed by atoms with van der Waals surface area (Å²) in [5, 5.41) is 14.3. The summed E-state index contributed by atoms with van der Waals surface area (Å²) in [6, 6.07) is 15.7. The van der Waals surface area contributed by atoms with Crippen molar-refractivity contribution in [1.82, 2.24) is 5.01 Å². The van der Waals surface area contributed by atoms with Gasteiger partial charge in [0.05, 0.1) is 17.7 Å². The Bertz CT molecular complexity index is 837. The lowest BCUT2D eigenvalue weighted by Crippen LogP contribution is -2.30. The van der Waals surface area contributed by atoms with E-state index in [2.05, 4.69) is 5.10 Å². The Morgan fingerprint density at radius 1 is 1.12 bits per heavy atom. The first-order valence-corrected chi connectivity index (χ1v) is 7.52. The number of phenols is 1. The third kappa shape index (κ3) is 3.25. The van der Waals surface area contributed by atoms with Crippen LogP contribution >= 0.6 is 0 Å². The SMILES string of the molecule is CC1=NN(C(=O)Cc2ccccc2)C(=O)C1=Cc1ccc(O)cc1. The molecule has 1 aliphatic rings. The molecule has 1 aliphatic heterocycles. The quantitative estimate of drug-likeness (QED) is 0.884. The first-order chi connectivity index (χ1) is 11.5. The first-order valence-electron chi connectivity index (χ1n) is 7.52. The molecule has 0 aliphatic carbocycles. The van der Waals surface area contributed by atoms with Crippen LogP contribution in [0.1, 0.15) is 18.1 Å². The van der Waals surface area contributed by atoms with Crippen LogP contribution in [-0.4, -0.2) is 27.6 Å². The van der Waals surface area contributed by atoms with Crippen LogP contribution in [0.4, 0.5) is 0 Å². The topological polar surface area (TPSA) is 70.0 Å². The van der Waals surface area contributed by atoms with Gasteiger partial charge in [0.2, 0.25) is 0 Å². The summed E-state index contributed by atoms with van der Waals surface area (Å²) in [7, 11) is 0. The van der Waals surface area contributed by atoms with Gasteiger partial charge in [-0.15, -0.1) is 0 Å². The van der Waals surface area contributed by atoms with E-state index < -0.39 is 5.91 Å². The highest BCUT2D eigenvalue weighted by Crippen LogP contribution is 2.20. The van der Waals surface area contributed by atoms with Crippen molar-refractivity contribution in [1.29, 1.82) is 0 Å². The van der Waals surface area contributed by atoms with E-state index in [1.54, 1.807) is 25.1 Å². The van der Waals surface area contributed by atoms with E-state index in [4.69, 9.17) is 0 Å². The number of phenolic OH excluding ortho intramolecular Hbond substituents is 1. The Hall–Kier alpha value is -3.21. The largest absolute Gasteiger partial charge is 0.508 e. The van der Waals surface area contributed by atoms with E-state index in [-0.39, 0.29) is 18.1 Å². The van der Waals surface area contributed by atoms with Crippen molar-refractivity contribution in [2.75, 3.05) is 0 Å². The van der Waals surface area contributed by atoms with Crippen LogP contribution in [-0.2, 0) is 16.0 Å². The number of hydrogen-bond acceptors (Lipinski definition) is 4. The highest BCUT2D eigenvalue weighted by Gasteiger charge is 2.32. The maximum absolute atomic E-state index is 12.5. The standard InChI is InChI=1S/C19H16N2O3/c1-13-17(11-15-7-9-16(22)10-8-15)19(24)21(20-13)18(23)12-14-5-3-2-4-6-14/h2-11,22H,12H2,1H3. The van der Waals surface area contributed by atoms with Gasteiger partial charge in [-0.05, 0) is 36.3 Å². The minimum absolute atomic E-state index is 0.121. The van der Waals surface area contributed by atoms with Gasteiger partial charge in [-0.2, -0.15) is 10.1 Å². The number of amides is 2. The van der Waals surface area contributed by atoms with Crippen molar-refractivity contribution >= 4 is 23.6 Å². The van der Waals surface area contributed by atoms with E-state index >= 15 is 0 Å². The molecule has 2 aromatic carbocycles. The molecule has 5 heteroatoms. The number of benzene rings is 2. The van der Waals surface area contributed by atoms with E-state index in [9.17, 15) is 14.7 Å². The number of hydrazone groups is 1. The van der Waals surface area contributed by atoms with E-state index in [1.807, 2.05) is 30.3 Å². The third-order valence-corrected chi connectivity index (χ3v) is 3.70. The summed E-state index contributed by atoms with van der Waals surface area (Å²) in [4.78, 5) is 24.8. The number of aromatic hydroxyl groups is 1. The average Bonchev–Trinajstić information content (AvgIpc) is 2.86. The summed E-state index contributed by atoms with van der Waals surface area (Å²) in [6.07, 6.45) is 1.78. The maximum Gasteiger partial charge on any atom is 0.283 e. The molecular weight excluding hydrogens is 304 g/mol. The fourth-order valence-corrected chi connectivity index (χ4v) is 2.44. The molecule has 0 bridgehead atoms. The highest BCUT2D eigenvalue weighted by atomic mass is 16.3. The zero-order valence-electron chi connectivity index (χ0n) is 13.1. The Balaban J connectivity index is 1.80. The van der Waals surface area contributed by atoms with Gasteiger partial charge < -0.3 is 5.11 Å². The normalized spacial score (nSPS) is 15.7. The molecule has 0 unspecified atom stereocenters. The van der Waals surface area contributed by atoms with Gasteiger partial charge in [-0.1, -0.05) is 42.5 Å². The van der Waals surface area contributed by atoms with Crippen LogP contribution in [0.25, 0.3) is 6.08 Å². The van der Waals surface area contributed by atoms with Gasteiger partial charge in [-0.25, -0.2) is 0 Å². The minimum Gasteiger partial charge on any atom is -0.508 e. The maximum atomic E-state index is 12.5. The zero-order chi connectivity index (χ0) is 17.1. The number of rotatable bonds is 3. The summed E-state index contributed by atoms with van der Waals surface area (Å²) < 4.78 is 0. The van der Waals surface area contributed by atoms with Crippen molar-refractivity contribution < 1.29 is 14.7 Å². The minimum atomic E-state index is -0.429. The van der Waals surface area contributed by atoms with Gasteiger partial charge in [0.25, 0.3) is 11.8 Å². The lowest BCUT2D eigenvalue weighted by atomic mass is 10.1. The first kappa shape index (κ1) is 15.7. The predicted molar refractivity (Wildman–Crippen MR) is 91.2 cm³/mol. The lowest BCUT2D eigenvalue weighted by molar-refractivity contribution is -0.141. The third-order valence-electron chi connectivity index (χ3n) is 3.70. The second kappa shape index (κ2) is 6.50. The van der Waals surface area contributed by atoms with Crippen LogP contribution in [0.3, 0.4) is 0 Å². The molecule has 24 heavy (non-hydrogen) atoms. The summed E-state index contributed by atoms with van der Waals surface area (Å²) in [6.45, 7) is 1.69. The van der Waals surface area contributed by atoms with Crippen LogP contribution in [0.2, 0.25) is 0 Å². The second-order valence-corrected chi connectivity index (χ2v) is 5.51. The van der Waals surface area contributed by atoms with Gasteiger partial charge >= 0.3 is 0 Å². The molecule has 3 rings (SSSR count). The molecule has 0 saturated heterocycles. The van der Waals surface area contributed by atoms with E-state index in [0.717, 1.165) is 16.1 Å². The number of carbonyl (C=O) groups excluding carboxylic acids is 2. The molecule has 1 N–H and O–H groups in total. The predicted octanol–water partition coefficient (Wildman–Crippen LogP) is 2.76. The van der Waals surface area contributed by atoms with Gasteiger partial charge in [0.15, 0.2) is 0 Å². The van der Waals surface area contributed by atoms with Crippen molar-refractivity contribution in [2.24, 2.45) is 5.10 Å². The second-order valence-electron chi connectivity index (χ2n) is 5.51. The van der Waals surface area contributed by atoms with E-state index in [0.29, 0.717) is 11.3 Å². The number of imide groups is 1. The van der Waals surface area contributed by atoms with Crippen molar-refractivity contribution in [2.45, 2.75) is 13.3 Å². The smallest absolute Gasteiger partial charge is 0.283 e. The summed E-state index contributed by atoms with van der Waals surface area (Å²) >= 11 is 0. The van der Waals surface area contributed by atoms with Gasteiger partial charge in [0, 0.05) is 0 Å². The average molecular weight is 320 g/mol. The van der Waals surface area contributed by atoms with Crippen molar-refractivity contribution in [3.05, 3.63) is 71.3 Å². The molecule has 0 atom stereocenters. The Labute approximate surface area is 139 Å². The molecule has 2 aromatic rings. The molecule has 0 radical (unpaired) electrons. The molecule has 2 amide bonds. The van der Waals surface area contributed by atoms with Gasteiger partial charge in [0.1, 0.15) is 5.75 Å². The fourth-order valence-electron chi connectivity index (χ4n) is 2.44. The molecular formula is C19H16N2O3. The molecule has 120 valence electrons. The Morgan fingerprint density at radius 3 is 2.46 bits per heavy atom. The lowest BCUT2D eigenvalue weighted by Gasteiger charge is -2.09. The number of carbonyl (C=O) groups is 2. The Morgan fingerprint density at radius 2 is 1.79 bits per heavy atom. The molecule has 5 nitrogen and oxygen atoms in total. The van der Waals surface area contributed by atoms with E-state index in [1.165, 1.54) is 12.1 Å². The fraction of sp³-hybridized carbons (Fsp3) is 0.105. The molecule has 0 aromatic heterocycles. The summed E-state index contributed by atoms with van der Waals surface area (Å²) in [5.74, 6) is -0.638. The monoisotopic (exact) mass is 320 g/mol. The zero-order valence-corrected chi connectivity index (χ0v) is 13.1. The molecule has 0 spiro atoms. The molecule has 0 saturated carbocycles. The number of hydrogen-bond donors (Lipinski definition) is 1. The van der Waals surface area contributed by atoms with Gasteiger partial charge in [-0.3, -0.25) is 9.59 Å². The molecule has 1 heterocycles. The van der Waals surface area contributed by atoms with Crippen molar-refractivity contribution in [3.63, 3.8) is 0 Å².